The van der Waals surface area contributed by atoms with E-state index in [1.165, 1.54) is 36.9 Å². The molecule has 2 aliphatic heterocycles. The SMILES string of the molecule is Cc1cccc(N2CCN(c3nccc(N4CCCCCC4)n3)CC2)c1. The Labute approximate surface area is 156 Å². The van der Waals surface area contributed by atoms with Crippen LogP contribution in [0.4, 0.5) is 17.5 Å². The molecule has 0 aliphatic carbocycles. The number of benzene rings is 1. The van der Waals surface area contributed by atoms with E-state index in [2.05, 4.69) is 56.9 Å². The van der Waals surface area contributed by atoms with Gasteiger partial charge in [0.1, 0.15) is 5.82 Å². The minimum Gasteiger partial charge on any atom is -0.368 e. The number of piperazine rings is 1. The molecule has 138 valence electrons. The third kappa shape index (κ3) is 3.92. The number of aryl methyl sites for hydroxylation is 1. The molecule has 0 amide bonds. The van der Waals surface area contributed by atoms with Crippen LogP contribution in [0.2, 0.25) is 0 Å². The fourth-order valence-corrected chi connectivity index (χ4v) is 3.96. The molecule has 0 spiro atoms. The Morgan fingerprint density at radius 1 is 0.769 bits per heavy atom. The quantitative estimate of drug-likeness (QED) is 0.846. The van der Waals surface area contributed by atoms with E-state index in [4.69, 9.17) is 4.98 Å². The smallest absolute Gasteiger partial charge is 0.227 e. The topological polar surface area (TPSA) is 35.5 Å². The molecular formula is C21H29N5. The first-order chi connectivity index (χ1) is 12.8. The maximum Gasteiger partial charge on any atom is 0.227 e. The van der Waals surface area contributed by atoms with E-state index in [0.29, 0.717) is 0 Å². The van der Waals surface area contributed by atoms with Crippen LogP contribution in [0.5, 0.6) is 0 Å². The molecule has 1 aromatic heterocycles. The summed E-state index contributed by atoms with van der Waals surface area (Å²) in [6.45, 7) is 8.37. The molecule has 0 saturated carbocycles. The molecular weight excluding hydrogens is 322 g/mol. The lowest BCUT2D eigenvalue weighted by molar-refractivity contribution is 0.638. The van der Waals surface area contributed by atoms with Crippen LogP contribution in [-0.2, 0) is 0 Å². The van der Waals surface area contributed by atoms with Crippen molar-refractivity contribution in [3.8, 4) is 0 Å². The zero-order valence-electron chi connectivity index (χ0n) is 15.8. The second-order valence-corrected chi connectivity index (χ2v) is 7.43. The van der Waals surface area contributed by atoms with Gasteiger partial charge in [0.05, 0.1) is 0 Å². The lowest BCUT2D eigenvalue weighted by atomic mass is 10.2. The van der Waals surface area contributed by atoms with Gasteiger partial charge in [-0.05, 0) is 43.5 Å². The van der Waals surface area contributed by atoms with Crippen molar-refractivity contribution < 1.29 is 0 Å². The fourth-order valence-electron chi connectivity index (χ4n) is 3.96. The summed E-state index contributed by atoms with van der Waals surface area (Å²) in [5.41, 5.74) is 2.64. The van der Waals surface area contributed by atoms with Crippen molar-refractivity contribution in [1.29, 1.82) is 0 Å². The van der Waals surface area contributed by atoms with Crippen LogP contribution in [-0.4, -0.2) is 49.2 Å². The van der Waals surface area contributed by atoms with Gasteiger partial charge in [-0.15, -0.1) is 0 Å². The maximum absolute atomic E-state index is 4.90. The molecule has 0 unspecified atom stereocenters. The molecule has 26 heavy (non-hydrogen) atoms. The molecule has 4 rings (SSSR count). The monoisotopic (exact) mass is 351 g/mol. The number of anilines is 3. The highest BCUT2D eigenvalue weighted by atomic mass is 15.3. The molecule has 3 heterocycles. The van der Waals surface area contributed by atoms with Gasteiger partial charge in [-0.25, -0.2) is 4.98 Å². The Bertz CT molecular complexity index is 716. The van der Waals surface area contributed by atoms with E-state index in [1.807, 2.05) is 6.20 Å². The van der Waals surface area contributed by atoms with Gasteiger partial charge in [-0.3, -0.25) is 0 Å². The number of hydrogen-bond donors (Lipinski definition) is 0. The second-order valence-electron chi connectivity index (χ2n) is 7.43. The predicted octanol–water partition coefficient (Wildman–Crippen LogP) is 3.49. The van der Waals surface area contributed by atoms with Gasteiger partial charge in [0.2, 0.25) is 5.95 Å². The van der Waals surface area contributed by atoms with Crippen LogP contribution in [0, 0.1) is 6.92 Å². The van der Waals surface area contributed by atoms with E-state index < -0.39 is 0 Å². The number of nitrogens with zero attached hydrogens (tertiary/aromatic N) is 5. The van der Waals surface area contributed by atoms with Crippen LogP contribution in [0.15, 0.2) is 36.5 Å². The van der Waals surface area contributed by atoms with Gasteiger partial charge in [-0.1, -0.05) is 25.0 Å². The predicted molar refractivity (Wildman–Crippen MR) is 108 cm³/mol. The van der Waals surface area contributed by atoms with Crippen molar-refractivity contribution in [3.63, 3.8) is 0 Å². The zero-order chi connectivity index (χ0) is 17.8. The van der Waals surface area contributed by atoms with Crippen LogP contribution in [0.1, 0.15) is 31.2 Å². The minimum atomic E-state index is 0.885. The van der Waals surface area contributed by atoms with Crippen molar-refractivity contribution in [2.45, 2.75) is 32.6 Å². The van der Waals surface area contributed by atoms with Crippen molar-refractivity contribution in [2.24, 2.45) is 0 Å². The highest BCUT2D eigenvalue weighted by Gasteiger charge is 2.20. The first kappa shape index (κ1) is 17.1. The normalized spacial score (nSPS) is 18.7. The Morgan fingerprint density at radius 3 is 2.23 bits per heavy atom. The highest BCUT2D eigenvalue weighted by molar-refractivity contribution is 5.51. The van der Waals surface area contributed by atoms with Crippen molar-refractivity contribution in [2.75, 3.05) is 54.0 Å². The fraction of sp³-hybridized carbons (Fsp3) is 0.524. The van der Waals surface area contributed by atoms with E-state index in [-0.39, 0.29) is 0 Å². The summed E-state index contributed by atoms with van der Waals surface area (Å²) in [6, 6.07) is 10.8. The Hall–Kier alpha value is -2.30. The molecule has 2 aromatic rings. The molecule has 0 N–H and O–H groups in total. The molecule has 1 aromatic carbocycles. The summed E-state index contributed by atoms with van der Waals surface area (Å²) in [4.78, 5) is 16.7. The zero-order valence-corrected chi connectivity index (χ0v) is 15.8. The first-order valence-corrected chi connectivity index (χ1v) is 9.94. The van der Waals surface area contributed by atoms with Crippen LogP contribution >= 0.6 is 0 Å². The molecule has 2 aliphatic rings. The van der Waals surface area contributed by atoms with Gasteiger partial charge in [-0.2, -0.15) is 4.98 Å². The maximum atomic E-state index is 4.90. The van der Waals surface area contributed by atoms with Gasteiger partial charge in [0.15, 0.2) is 0 Å². The summed E-state index contributed by atoms with van der Waals surface area (Å²) < 4.78 is 0. The molecule has 0 bridgehead atoms. The number of aromatic nitrogens is 2. The molecule has 0 atom stereocenters. The van der Waals surface area contributed by atoms with E-state index in [1.54, 1.807) is 0 Å². The van der Waals surface area contributed by atoms with Crippen LogP contribution < -0.4 is 14.7 Å². The van der Waals surface area contributed by atoms with E-state index >= 15 is 0 Å². The third-order valence-electron chi connectivity index (χ3n) is 5.49. The highest BCUT2D eigenvalue weighted by Crippen LogP contribution is 2.22. The van der Waals surface area contributed by atoms with Gasteiger partial charge < -0.3 is 14.7 Å². The average molecular weight is 351 g/mol. The molecule has 5 heteroatoms. The van der Waals surface area contributed by atoms with E-state index in [0.717, 1.165) is 51.0 Å². The lowest BCUT2D eigenvalue weighted by Gasteiger charge is -2.36. The second kappa shape index (κ2) is 7.94. The lowest BCUT2D eigenvalue weighted by Crippen LogP contribution is -2.47. The third-order valence-corrected chi connectivity index (χ3v) is 5.49. The summed E-state index contributed by atoms with van der Waals surface area (Å²) in [6.07, 6.45) is 7.16. The van der Waals surface area contributed by atoms with Gasteiger partial charge in [0, 0.05) is 51.2 Å². The summed E-state index contributed by atoms with van der Waals surface area (Å²) in [5, 5.41) is 0. The van der Waals surface area contributed by atoms with Crippen LogP contribution in [0.25, 0.3) is 0 Å². The largest absolute Gasteiger partial charge is 0.368 e. The number of hydrogen-bond acceptors (Lipinski definition) is 5. The summed E-state index contributed by atoms with van der Waals surface area (Å²) in [5.74, 6) is 1.98. The standard InChI is InChI=1S/C21H29N5/c1-18-7-6-8-19(17-18)24-13-15-26(16-14-24)21-22-10-9-20(23-21)25-11-4-2-3-5-12-25/h6-10,17H,2-5,11-16H2,1H3. The number of rotatable bonds is 3. The van der Waals surface area contributed by atoms with Crippen molar-refractivity contribution in [3.05, 3.63) is 42.1 Å². The van der Waals surface area contributed by atoms with Crippen LogP contribution in [0.3, 0.4) is 0 Å². The van der Waals surface area contributed by atoms with Crippen molar-refractivity contribution >= 4 is 17.5 Å². The Kier molecular flexibility index (Phi) is 5.23. The average Bonchev–Trinajstić information content (AvgIpc) is 2.98. The summed E-state index contributed by atoms with van der Waals surface area (Å²) in [7, 11) is 0. The molecule has 5 nitrogen and oxygen atoms in total. The minimum absolute atomic E-state index is 0.885. The molecule has 2 fully saturated rings. The van der Waals surface area contributed by atoms with Crippen molar-refractivity contribution in [1.82, 2.24) is 9.97 Å². The summed E-state index contributed by atoms with van der Waals surface area (Å²) >= 11 is 0. The Balaban J connectivity index is 1.42. The van der Waals surface area contributed by atoms with Gasteiger partial charge in [0.25, 0.3) is 0 Å². The van der Waals surface area contributed by atoms with Gasteiger partial charge >= 0.3 is 0 Å². The first-order valence-electron chi connectivity index (χ1n) is 9.94. The van der Waals surface area contributed by atoms with E-state index in [9.17, 15) is 0 Å². The molecule has 2 saturated heterocycles. The molecule has 0 radical (unpaired) electrons. The Morgan fingerprint density at radius 2 is 1.50 bits per heavy atom.